The number of likely N-dealkylation sites (N-methyl/N-ethyl adjacent to an activating group) is 1. The zero-order valence-electron chi connectivity index (χ0n) is 8.58. The lowest BCUT2D eigenvalue weighted by atomic mass is 9.92. The molecule has 2 atom stereocenters. The topological polar surface area (TPSA) is 52.5 Å². The lowest BCUT2D eigenvalue weighted by molar-refractivity contribution is -0.00556. The first kappa shape index (κ1) is 11.0. The highest BCUT2D eigenvalue weighted by Crippen LogP contribution is 2.37. The molecule has 78 valence electrons. The van der Waals surface area contributed by atoms with Gasteiger partial charge in [-0.1, -0.05) is 12.8 Å². The highest BCUT2D eigenvalue weighted by Gasteiger charge is 2.32. The molecule has 3 nitrogen and oxygen atoms in total. The third-order valence-corrected chi connectivity index (χ3v) is 2.54. The molecule has 1 saturated carbocycles. The average molecular weight is 187 g/mol. The molecule has 0 heterocycles. The Hall–Kier alpha value is -0.120. The van der Waals surface area contributed by atoms with Gasteiger partial charge in [0.1, 0.15) is 0 Å². The molecular weight excluding hydrogens is 166 g/mol. The van der Waals surface area contributed by atoms with Crippen LogP contribution in [0.3, 0.4) is 0 Å². The predicted molar refractivity (Wildman–Crippen MR) is 52.5 cm³/mol. The lowest BCUT2D eigenvalue weighted by Gasteiger charge is -2.25. The second kappa shape index (κ2) is 4.40. The zero-order valence-corrected chi connectivity index (χ0v) is 8.58. The van der Waals surface area contributed by atoms with Crippen molar-refractivity contribution in [1.82, 2.24) is 5.32 Å². The Balaban J connectivity index is 2.22. The third-order valence-electron chi connectivity index (χ3n) is 2.54. The molecule has 0 saturated heterocycles. The van der Waals surface area contributed by atoms with Gasteiger partial charge < -0.3 is 15.5 Å². The fourth-order valence-electron chi connectivity index (χ4n) is 1.84. The van der Waals surface area contributed by atoms with Crippen LogP contribution in [0.2, 0.25) is 0 Å². The minimum Gasteiger partial charge on any atom is -0.392 e. The quantitative estimate of drug-likeness (QED) is 0.568. The SMILES string of the molecule is CNC[C@H](O)C[C@@](C)(O)CC1CC1. The molecule has 0 radical (unpaired) electrons. The van der Waals surface area contributed by atoms with Gasteiger partial charge in [-0.15, -0.1) is 0 Å². The van der Waals surface area contributed by atoms with Crippen molar-refractivity contribution >= 4 is 0 Å². The molecule has 13 heavy (non-hydrogen) atoms. The van der Waals surface area contributed by atoms with Crippen molar-refractivity contribution in [2.45, 2.75) is 44.3 Å². The van der Waals surface area contributed by atoms with Crippen LogP contribution >= 0.6 is 0 Å². The summed E-state index contributed by atoms with van der Waals surface area (Å²) in [6, 6.07) is 0. The molecule has 0 aromatic rings. The summed E-state index contributed by atoms with van der Waals surface area (Å²) in [6.45, 7) is 2.38. The van der Waals surface area contributed by atoms with E-state index in [4.69, 9.17) is 0 Å². The van der Waals surface area contributed by atoms with Gasteiger partial charge in [-0.25, -0.2) is 0 Å². The lowest BCUT2D eigenvalue weighted by Crippen LogP contribution is -2.35. The zero-order chi connectivity index (χ0) is 9.90. The van der Waals surface area contributed by atoms with Gasteiger partial charge in [0, 0.05) is 13.0 Å². The van der Waals surface area contributed by atoms with E-state index >= 15 is 0 Å². The van der Waals surface area contributed by atoms with Gasteiger partial charge in [-0.2, -0.15) is 0 Å². The number of aliphatic hydroxyl groups is 2. The van der Waals surface area contributed by atoms with E-state index in [0.717, 1.165) is 6.42 Å². The predicted octanol–water partition coefficient (Wildman–Crippen LogP) is 0.508. The van der Waals surface area contributed by atoms with Crippen LogP contribution in [0.5, 0.6) is 0 Å². The second-order valence-corrected chi connectivity index (χ2v) is 4.56. The van der Waals surface area contributed by atoms with Crippen molar-refractivity contribution in [3.8, 4) is 0 Å². The van der Waals surface area contributed by atoms with Gasteiger partial charge in [-0.05, 0) is 26.3 Å². The summed E-state index contributed by atoms with van der Waals surface area (Å²) in [5.74, 6) is 0.705. The number of hydrogen-bond donors (Lipinski definition) is 3. The van der Waals surface area contributed by atoms with E-state index in [-0.39, 0.29) is 0 Å². The Morgan fingerprint density at radius 3 is 2.62 bits per heavy atom. The van der Waals surface area contributed by atoms with Crippen LogP contribution in [0.15, 0.2) is 0 Å². The number of nitrogens with one attached hydrogen (secondary N) is 1. The van der Waals surface area contributed by atoms with E-state index in [9.17, 15) is 10.2 Å². The van der Waals surface area contributed by atoms with Crippen molar-refractivity contribution in [2.24, 2.45) is 5.92 Å². The highest BCUT2D eigenvalue weighted by molar-refractivity contribution is 4.85. The van der Waals surface area contributed by atoms with E-state index in [0.29, 0.717) is 18.9 Å². The standard InChI is InChI=1S/C10H21NO2/c1-10(13,5-8-3-4-8)6-9(12)7-11-2/h8-9,11-13H,3-7H2,1-2H3/t9-,10+/m1/s1. The van der Waals surface area contributed by atoms with E-state index in [1.807, 2.05) is 6.92 Å². The molecule has 1 aliphatic rings. The molecule has 0 amide bonds. The van der Waals surface area contributed by atoms with Gasteiger partial charge in [0.25, 0.3) is 0 Å². The van der Waals surface area contributed by atoms with Crippen LogP contribution < -0.4 is 5.32 Å². The summed E-state index contributed by atoms with van der Waals surface area (Å²) in [5, 5.41) is 22.3. The van der Waals surface area contributed by atoms with Gasteiger partial charge in [0.2, 0.25) is 0 Å². The van der Waals surface area contributed by atoms with Crippen molar-refractivity contribution in [3.05, 3.63) is 0 Å². The van der Waals surface area contributed by atoms with E-state index in [1.165, 1.54) is 12.8 Å². The Bertz CT molecular complexity index is 155. The monoisotopic (exact) mass is 187 g/mol. The molecular formula is C10H21NO2. The van der Waals surface area contributed by atoms with E-state index in [2.05, 4.69) is 5.32 Å². The largest absolute Gasteiger partial charge is 0.392 e. The summed E-state index contributed by atoms with van der Waals surface area (Å²) in [5.41, 5.74) is -0.683. The minimum atomic E-state index is -0.683. The molecule has 0 aromatic carbocycles. The average Bonchev–Trinajstić information content (AvgIpc) is 2.69. The normalized spacial score (nSPS) is 24.0. The molecule has 1 fully saturated rings. The summed E-state index contributed by atoms with van der Waals surface area (Å²) in [6.07, 6.45) is 3.38. The maximum Gasteiger partial charge on any atom is 0.0691 e. The first-order valence-corrected chi connectivity index (χ1v) is 5.08. The Kier molecular flexibility index (Phi) is 3.71. The fourth-order valence-corrected chi connectivity index (χ4v) is 1.84. The molecule has 1 rings (SSSR count). The summed E-state index contributed by atoms with van der Waals surface area (Å²) in [4.78, 5) is 0. The van der Waals surface area contributed by atoms with Crippen molar-refractivity contribution in [2.75, 3.05) is 13.6 Å². The van der Waals surface area contributed by atoms with Crippen LogP contribution in [-0.4, -0.2) is 35.5 Å². The van der Waals surface area contributed by atoms with Crippen molar-refractivity contribution in [1.29, 1.82) is 0 Å². The van der Waals surface area contributed by atoms with E-state index in [1.54, 1.807) is 7.05 Å². The summed E-state index contributed by atoms with van der Waals surface area (Å²) in [7, 11) is 1.80. The number of rotatable bonds is 6. The van der Waals surface area contributed by atoms with Gasteiger partial charge in [-0.3, -0.25) is 0 Å². The van der Waals surface area contributed by atoms with Crippen molar-refractivity contribution < 1.29 is 10.2 Å². The Morgan fingerprint density at radius 1 is 1.54 bits per heavy atom. The number of aliphatic hydroxyl groups excluding tert-OH is 1. The first-order chi connectivity index (χ1) is 6.03. The molecule has 0 aromatic heterocycles. The third kappa shape index (κ3) is 4.60. The van der Waals surface area contributed by atoms with Crippen LogP contribution in [0, 0.1) is 5.92 Å². The van der Waals surface area contributed by atoms with Crippen LogP contribution in [-0.2, 0) is 0 Å². The maximum atomic E-state index is 9.93. The van der Waals surface area contributed by atoms with Gasteiger partial charge in [0.05, 0.1) is 11.7 Å². The summed E-state index contributed by atoms with van der Waals surface area (Å²) < 4.78 is 0. The minimum absolute atomic E-state index is 0.432. The smallest absolute Gasteiger partial charge is 0.0691 e. The second-order valence-electron chi connectivity index (χ2n) is 4.56. The molecule has 0 aliphatic heterocycles. The number of hydrogen-bond acceptors (Lipinski definition) is 3. The highest BCUT2D eigenvalue weighted by atomic mass is 16.3. The first-order valence-electron chi connectivity index (χ1n) is 5.08. The Morgan fingerprint density at radius 2 is 2.15 bits per heavy atom. The van der Waals surface area contributed by atoms with Gasteiger partial charge in [0.15, 0.2) is 0 Å². The Labute approximate surface area is 80.2 Å². The molecule has 0 bridgehead atoms. The van der Waals surface area contributed by atoms with Crippen LogP contribution in [0.4, 0.5) is 0 Å². The molecule has 0 unspecified atom stereocenters. The fraction of sp³-hybridized carbons (Fsp3) is 1.00. The molecule has 3 N–H and O–H groups in total. The van der Waals surface area contributed by atoms with E-state index < -0.39 is 11.7 Å². The molecule has 1 aliphatic carbocycles. The molecule has 3 heteroatoms. The summed E-state index contributed by atoms with van der Waals surface area (Å²) >= 11 is 0. The van der Waals surface area contributed by atoms with Crippen LogP contribution in [0.1, 0.15) is 32.6 Å². The maximum absolute atomic E-state index is 9.93. The van der Waals surface area contributed by atoms with Crippen LogP contribution in [0.25, 0.3) is 0 Å². The molecule has 0 spiro atoms. The van der Waals surface area contributed by atoms with Crippen molar-refractivity contribution in [3.63, 3.8) is 0 Å². The van der Waals surface area contributed by atoms with Gasteiger partial charge >= 0.3 is 0 Å².